The van der Waals surface area contributed by atoms with Gasteiger partial charge in [-0.2, -0.15) is 0 Å². The van der Waals surface area contributed by atoms with Gasteiger partial charge in [0.2, 0.25) is 17.7 Å². The molecule has 2 aromatic rings. The van der Waals surface area contributed by atoms with E-state index < -0.39 is 11.5 Å². The first-order valence-corrected chi connectivity index (χ1v) is 11.8. The van der Waals surface area contributed by atoms with Crippen LogP contribution in [-0.4, -0.2) is 52.3 Å². The smallest absolute Gasteiger partial charge is 0.241 e. The number of hydrogen-bond acceptors (Lipinski definition) is 4. The summed E-state index contributed by atoms with van der Waals surface area (Å²) in [6.45, 7) is 0.0793. The second-order valence-corrected chi connectivity index (χ2v) is 9.53. The van der Waals surface area contributed by atoms with Crippen molar-refractivity contribution in [2.75, 3.05) is 13.6 Å². The second-order valence-electron chi connectivity index (χ2n) is 9.12. The van der Waals surface area contributed by atoms with E-state index in [0.29, 0.717) is 16.1 Å². The molecule has 6 nitrogen and oxygen atoms in total. The van der Waals surface area contributed by atoms with Crippen molar-refractivity contribution in [3.05, 3.63) is 70.7 Å². The van der Waals surface area contributed by atoms with Gasteiger partial charge in [0.1, 0.15) is 0 Å². The van der Waals surface area contributed by atoms with Crippen LogP contribution < -0.4 is 0 Å². The highest BCUT2D eigenvalue weighted by molar-refractivity contribution is 6.32. The second kappa shape index (κ2) is 9.65. The van der Waals surface area contributed by atoms with Crippen LogP contribution in [0, 0.1) is 0 Å². The first kappa shape index (κ1) is 23.5. The number of amides is 3. The summed E-state index contributed by atoms with van der Waals surface area (Å²) < 4.78 is 0. The Hall–Kier alpha value is -2.70. The molecule has 3 amide bonds. The van der Waals surface area contributed by atoms with Crippen molar-refractivity contribution in [1.29, 1.82) is 0 Å². The fraction of sp³-hybridized carbons (Fsp3) is 0.423. The third-order valence-electron chi connectivity index (χ3n) is 6.94. The molecule has 2 atom stereocenters. The van der Waals surface area contributed by atoms with Crippen LogP contribution in [0.4, 0.5) is 0 Å². The van der Waals surface area contributed by atoms with Gasteiger partial charge in [-0.3, -0.25) is 19.3 Å². The summed E-state index contributed by atoms with van der Waals surface area (Å²) in [7, 11) is 1.60. The van der Waals surface area contributed by atoms with Crippen molar-refractivity contribution in [2.45, 2.75) is 56.1 Å². The quantitative estimate of drug-likeness (QED) is 0.626. The average Bonchev–Trinajstić information content (AvgIpc) is 3.41. The van der Waals surface area contributed by atoms with E-state index in [-0.39, 0.29) is 43.1 Å². The van der Waals surface area contributed by atoms with Gasteiger partial charge in [-0.15, -0.1) is 0 Å². The molecular weight excluding hydrogens is 440 g/mol. The summed E-state index contributed by atoms with van der Waals surface area (Å²) in [5.41, 5.74) is -0.116. The van der Waals surface area contributed by atoms with Gasteiger partial charge in [-0.1, -0.05) is 73.0 Å². The van der Waals surface area contributed by atoms with Crippen molar-refractivity contribution in [3.8, 4) is 0 Å². The lowest BCUT2D eigenvalue weighted by molar-refractivity contribution is -0.144. The van der Waals surface area contributed by atoms with Crippen LogP contribution in [0.2, 0.25) is 5.02 Å². The van der Waals surface area contributed by atoms with E-state index in [9.17, 15) is 19.5 Å². The van der Waals surface area contributed by atoms with Crippen LogP contribution in [0.25, 0.3) is 0 Å². The van der Waals surface area contributed by atoms with Crippen LogP contribution in [0.3, 0.4) is 0 Å². The van der Waals surface area contributed by atoms with Gasteiger partial charge in [0, 0.05) is 31.0 Å². The molecular formula is C26H29ClN2O4. The van der Waals surface area contributed by atoms with E-state index in [4.69, 9.17) is 11.6 Å². The average molecular weight is 469 g/mol. The SMILES string of the molecule is CN(C[C@@H](O)c1ccccc1)C(=O)C[C@]1(c2ccccc2Cl)CC(=O)N(C2CCCC2)C1=O. The van der Waals surface area contributed by atoms with Gasteiger partial charge >= 0.3 is 0 Å². The van der Waals surface area contributed by atoms with Crippen LogP contribution in [0.5, 0.6) is 0 Å². The Morgan fingerprint density at radius 2 is 1.76 bits per heavy atom. The lowest BCUT2D eigenvalue weighted by Crippen LogP contribution is -2.46. The highest BCUT2D eigenvalue weighted by atomic mass is 35.5. The van der Waals surface area contributed by atoms with Crippen LogP contribution >= 0.6 is 11.6 Å². The lowest BCUT2D eigenvalue weighted by Gasteiger charge is -2.31. The standard InChI is InChI=1S/C26H29ClN2O4/c1-28(17-22(30)18-9-3-2-4-10-18)23(31)15-26(20-13-7-8-14-21(20)27)16-24(32)29(25(26)33)19-11-5-6-12-19/h2-4,7-10,13-14,19,22,30H,5-6,11-12,15-17H2,1H3/t22-,26-/m1/s1. The van der Waals surface area contributed by atoms with Crippen molar-refractivity contribution >= 4 is 29.3 Å². The Morgan fingerprint density at radius 1 is 1.12 bits per heavy atom. The first-order valence-electron chi connectivity index (χ1n) is 11.4. The van der Waals surface area contributed by atoms with E-state index in [2.05, 4.69) is 0 Å². The minimum Gasteiger partial charge on any atom is -0.387 e. The Balaban J connectivity index is 1.61. The van der Waals surface area contributed by atoms with Gasteiger partial charge in [-0.25, -0.2) is 0 Å². The molecule has 1 saturated carbocycles. The Morgan fingerprint density at radius 3 is 2.42 bits per heavy atom. The monoisotopic (exact) mass is 468 g/mol. The van der Waals surface area contributed by atoms with E-state index in [1.807, 2.05) is 18.2 Å². The largest absolute Gasteiger partial charge is 0.387 e. The zero-order valence-electron chi connectivity index (χ0n) is 18.7. The van der Waals surface area contributed by atoms with Crippen molar-refractivity contribution in [3.63, 3.8) is 0 Å². The maximum atomic E-state index is 13.8. The minimum absolute atomic E-state index is 0.0765. The molecule has 1 N–H and O–H groups in total. The molecule has 33 heavy (non-hydrogen) atoms. The molecule has 2 aliphatic rings. The normalized spacial score (nSPS) is 22.1. The highest BCUT2D eigenvalue weighted by Crippen LogP contribution is 2.45. The van der Waals surface area contributed by atoms with E-state index in [0.717, 1.165) is 25.7 Å². The third-order valence-corrected chi connectivity index (χ3v) is 7.27. The van der Waals surface area contributed by atoms with Gasteiger partial charge in [-0.05, 0) is 30.0 Å². The zero-order valence-corrected chi connectivity index (χ0v) is 19.5. The number of nitrogens with zero attached hydrogens (tertiary/aromatic N) is 2. The van der Waals surface area contributed by atoms with Crippen molar-refractivity contribution in [1.82, 2.24) is 9.80 Å². The number of benzene rings is 2. The Bertz CT molecular complexity index is 1040. The summed E-state index contributed by atoms with van der Waals surface area (Å²) in [6.07, 6.45) is 2.46. The molecule has 1 aliphatic heterocycles. The van der Waals surface area contributed by atoms with Gasteiger partial charge in [0.15, 0.2) is 0 Å². The number of imide groups is 1. The zero-order chi connectivity index (χ0) is 23.6. The molecule has 1 aliphatic carbocycles. The number of carbonyl (C=O) groups is 3. The molecule has 4 rings (SSSR count). The summed E-state index contributed by atoms with van der Waals surface area (Å²) in [6, 6.07) is 15.9. The number of likely N-dealkylation sites (tertiary alicyclic amines) is 1. The molecule has 7 heteroatoms. The third kappa shape index (κ3) is 4.55. The predicted octanol–water partition coefficient (Wildman–Crippen LogP) is 3.86. The number of hydrogen-bond donors (Lipinski definition) is 1. The summed E-state index contributed by atoms with van der Waals surface area (Å²) in [5.74, 6) is -0.899. The van der Waals surface area contributed by atoms with E-state index >= 15 is 0 Å². The summed E-state index contributed by atoms with van der Waals surface area (Å²) >= 11 is 6.49. The van der Waals surface area contributed by atoms with Crippen LogP contribution in [-0.2, 0) is 19.8 Å². The van der Waals surface area contributed by atoms with Crippen LogP contribution in [0.1, 0.15) is 55.8 Å². The van der Waals surface area contributed by atoms with Crippen molar-refractivity contribution < 1.29 is 19.5 Å². The molecule has 0 aromatic heterocycles. The predicted molar refractivity (Wildman–Crippen MR) is 126 cm³/mol. The first-order chi connectivity index (χ1) is 15.8. The number of aliphatic hydroxyl groups excluding tert-OH is 1. The number of rotatable bonds is 7. The number of aliphatic hydroxyl groups is 1. The van der Waals surface area contributed by atoms with Crippen LogP contribution in [0.15, 0.2) is 54.6 Å². The number of carbonyl (C=O) groups excluding carboxylic acids is 3. The fourth-order valence-corrected chi connectivity index (χ4v) is 5.44. The molecule has 1 heterocycles. The molecule has 174 valence electrons. The maximum Gasteiger partial charge on any atom is 0.241 e. The molecule has 0 bridgehead atoms. The molecule has 0 spiro atoms. The van der Waals surface area contributed by atoms with Gasteiger partial charge in [0.25, 0.3) is 0 Å². The van der Waals surface area contributed by atoms with E-state index in [1.54, 1.807) is 43.4 Å². The summed E-state index contributed by atoms with van der Waals surface area (Å²) in [4.78, 5) is 43.0. The lowest BCUT2D eigenvalue weighted by atomic mass is 9.75. The number of halogens is 1. The van der Waals surface area contributed by atoms with Gasteiger partial charge in [0.05, 0.1) is 18.1 Å². The molecule has 0 unspecified atom stereocenters. The summed E-state index contributed by atoms with van der Waals surface area (Å²) in [5, 5.41) is 10.9. The van der Waals surface area contributed by atoms with E-state index in [1.165, 1.54) is 9.80 Å². The van der Waals surface area contributed by atoms with Gasteiger partial charge < -0.3 is 10.0 Å². The molecule has 0 radical (unpaired) electrons. The minimum atomic E-state index is -1.33. The highest BCUT2D eigenvalue weighted by Gasteiger charge is 2.56. The Kier molecular flexibility index (Phi) is 6.86. The van der Waals surface area contributed by atoms with Crippen molar-refractivity contribution in [2.24, 2.45) is 0 Å². The molecule has 1 saturated heterocycles. The topological polar surface area (TPSA) is 77.9 Å². The Labute approximate surface area is 199 Å². The number of likely N-dealkylation sites (N-methyl/N-ethyl adjacent to an activating group) is 1. The molecule has 2 aromatic carbocycles. The molecule has 2 fully saturated rings. The fourth-order valence-electron chi connectivity index (χ4n) is 5.12. The maximum absolute atomic E-state index is 13.8.